The smallest absolute Gasteiger partial charge is 0.280 e. The van der Waals surface area contributed by atoms with Crippen molar-refractivity contribution in [1.82, 2.24) is 39.0 Å². The fourth-order valence-corrected chi connectivity index (χ4v) is 7.79. The number of imidazole rings is 2. The van der Waals surface area contributed by atoms with Crippen molar-refractivity contribution in [3.63, 3.8) is 0 Å². The molecule has 8 atom stereocenters. The molecule has 2 fully saturated rings. The summed E-state index contributed by atoms with van der Waals surface area (Å²) >= 11 is 5.62. The molecule has 0 spiro atoms. The number of nitrogens with zero attached hydrogens (tertiary/aromatic N) is 7. The SMILES string of the molecule is CO[C@H]1[C@H](n2cnc3c(N)ncnc32)OC(C)(COP(O)(=S)[C@@H]2CC(CO)O[C@H]2n2cnc3c(=O)[nH]c(N)nc32)[C@H]1O. The topological polar surface area (TPSA) is 257 Å². The second-order valence-corrected chi connectivity index (χ2v) is 13.9. The summed E-state index contributed by atoms with van der Waals surface area (Å²) in [6.07, 6.45) is -0.459. The van der Waals surface area contributed by atoms with Crippen LogP contribution >= 0.6 is 6.49 Å². The van der Waals surface area contributed by atoms with Gasteiger partial charge in [0, 0.05) is 7.11 Å². The van der Waals surface area contributed by atoms with Crippen molar-refractivity contribution < 1.29 is 33.8 Å². The highest BCUT2D eigenvalue weighted by Gasteiger charge is 2.55. The molecule has 6 heterocycles. The number of nitrogen functional groups attached to an aromatic ring is 2. The van der Waals surface area contributed by atoms with Gasteiger partial charge in [-0.2, -0.15) is 4.98 Å². The second kappa shape index (κ2) is 10.5. The molecule has 18 nitrogen and oxygen atoms in total. The Morgan fingerprint density at radius 1 is 1.19 bits per heavy atom. The van der Waals surface area contributed by atoms with E-state index in [0.29, 0.717) is 11.2 Å². The Morgan fingerprint density at radius 2 is 1.90 bits per heavy atom. The summed E-state index contributed by atoms with van der Waals surface area (Å²) < 4.78 is 26.8. The van der Waals surface area contributed by atoms with Gasteiger partial charge in [0.25, 0.3) is 5.56 Å². The van der Waals surface area contributed by atoms with Gasteiger partial charge < -0.3 is 45.3 Å². The summed E-state index contributed by atoms with van der Waals surface area (Å²) in [6.45, 7) is -2.83. The molecule has 3 unspecified atom stereocenters. The molecule has 8 N–H and O–H groups in total. The monoisotopic (exact) mass is 624 g/mol. The molecule has 0 radical (unpaired) electrons. The molecular formula is C22H29N10O8PS. The van der Waals surface area contributed by atoms with Crippen LogP contribution in [0.2, 0.25) is 0 Å². The van der Waals surface area contributed by atoms with Gasteiger partial charge in [-0.1, -0.05) is 0 Å². The van der Waals surface area contributed by atoms with E-state index in [1.165, 1.54) is 30.7 Å². The van der Waals surface area contributed by atoms with E-state index in [1.807, 2.05) is 0 Å². The number of aliphatic hydroxyl groups is 2. The van der Waals surface area contributed by atoms with Crippen LogP contribution in [-0.2, 0) is 30.5 Å². The molecular weight excluding hydrogens is 595 g/mol. The zero-order valence-electron chi connectivity index (χ0n) is 22.3. The lowest BCUT2D eigenvalue weighted by Gasteiger charge is -2.32. The summed E-state index contributed by atoms with van der Waals surface area (Å²) in [5.74, 6) is 0.0468. The first-order valence-electron chi connectivity index (χ1n) is 12.7. The lowest BCUT2D eigenvalue weighted by atomic mass is 9.98. The lowest BCUT2D eigenvalue weighted by molar-refractivity contribution is -0.111. The molecule has 4 aromatic heterocycles. The number of H-pyrrole nitrogens is 1. The molecule has 0 bridgehead atoms. The summed E-state index contributed by atoms with van der Waals surface area (Å²) in [6, 6.07) is 0. The van der Waals surface area contributed by atoms with Crippen molar-refractivity contribution in [2.45, 2.75) is 55.4 Å². The molecule has 20 heteroatoms. The molecule has 4 aromatic rings. The highest BCUT2D eigenvalue weighted by atomic mass is 32.5. The third-order valence-corrected chi connectivity index (χ3v) is 10.5. The number of methoxy groups -OCH3 is 1. The van der Waals surface area contributed by atoms with Gasteiger partial charge in [-0.05, 0) is 25.2 Å². The van der Waals surface area contributed by atoms with Crippen LogP contribution in [0.1, 0.15) is 25.8 Å². The minimum atomic E-state index is -3.75. The average molecular weight is 625 g/mol. The van der Waals surface area contributed by atoms with Crippen LogP contribution in [0.4, 0.5) is 11.8 Å². The van der Waals surface area contributed by atoms with Crippen molar-refractivity contribution in [2.24, 2.45) is 0 Å². The van der Waals surface area contributed by atoms with Crippen LogP contribution < -0.4 is 17.0 Å². The van der Waals surface area contributed by atoms with Crippen LogP contribution in [0, 0.1) is 0 Å². The van der Waals surface area contributed by atoms with Gasteiger partial charge >= 0.3 is 0 Å². The van der Waals surface area contributed by atoms with Gasteiger partial charge in [0.1, 0.15) is 35.9 Å². The highest BCUT2D eigenvalue weighted by molar-refractivity contribution is 8.09. The molecule has 2 aliphatic rings. The quantitative estimate of drug-likeness (QED) is 0.125. The van der Waals surface area contributed by atoms with Crippen molar-refractivity contribution in [2.75, 3.05) is 31.8 Å². The maximum Gasteiger partial charge on any atom is 0.280 e. The fourth-order valence-electron chi connectivity index (χ4n) is 5.39. The first-order valence-corrected chi connectivity index (χ1v) is 15.5. The number of aromatic nitrogens is 8. The number of fused-ring (bicyclic) bond motifs is 2. The normalized spacial score (nSPS) is 31.3. The summed E-state index contributed by atoms with van der Waals surface area (Å²) in [5, 5.41) is 21.1. The Kier molecular flexibility index (Phi) is 7.27. The van der Waals surface area contributed by atoms with E-state index in [9.17, 15) is 19.9 Å². The maximum absolute atomic E-state index is 12.3. The Morgan fingerprint density at radius 3 is 2.62 bits per heavy atom. The van der Waals surface area contributed by atoms with Crippen molar-refractivity contribution >= 4 is 52.4 Å². The van der Waals surface area contributed by atoms with E-state index in [4.69, 9.17) is 42.0 Å². The predicted octanol–water partition coefficient (Wildman–Crippen LogP) is -1.25. The molecule has 0 aromatic carbocycles. The van der Waals surface area contributed by atoms with E-state index in [-0.39, 0.29) is 42.6 Å². The molecule has 0 aliphatic carbocycles. The van der Waals surface area contributed by atoms with Crippen molar-refractivity contribution in [1.29, 1.82) is 0 Å². The minimum Gasteiger partial charge on any atom is -0.394 e. The number of hydrogen-bond acceptors (Lipinski definition) is 15. The standard InChI is InChI=1S/C22H29N10O8PS/c1-22(14(34)13(37-2)20(40-22)31-7-27-11-15(23)25-6-26-16(11)31)5-38-41(36,42)10-3-9(4-33)39-19(10)32-8-28-12-17(32)29-21(24)30-18(12)35/h6-10,13-14,19-20,33-34H,3-5H2,1-2H3,(H,36,42)(H2,23,25,26)(H3,24,29,30,35)/t9?,10-,13-,14+,19-,20-,22?,41?/m1/s1. The summed E-state index contributed by atoms with van der Waals surface area (Å²) in [7, 11) is 1.42. The largest absolute Gasteiger partial charge is 0.394 e. The number of nitrogens with one attached hydrogen (secondary N) is 1. The fraction of sp³-hybridized carbons (Fsp3) is 0.545. The number of anilines is 2. The van der Waals surface area contributed by atoms with Gasteiger partial charge in [0.15, 0.2) is 35.3 Å². The maximum atomic E-state index is 12.3. The Labute approximate surface area is 241 Å². The number of hydrogen-bond donors (Lipinski definition) is 6. The van der Waals surface area contributed by atoms with Crippen LogP contribution in [0.5, 0.6) is 0 Å². The molecule has 2 saturated heterocycles. The van der Waals surface area contributed by atoms with Gasteiger partial charge in [0.05, 0.1) is 37.6 Å². The predicted molar refractivity (Wildman–Crippen MR) is 149 cm³/mol. The number of nitrogens with two attached hydrogens (primary N) is 2. The van der Waals surface area contributed by atoms with E-state index < -0.39 is 54.1 Å². The zero-order chi connectivity index (χ0) is 30.0. The van der Waals surface area contributed by atoms with Crippen LogP contribution in [0.15, 0.2) is 23.8 Å². The summed E-state index contributed by atoms with van der Waals surface area (Å²) in [4.78, 5) is 46.9. The molecule has 2 aliphatic heterocycles. The van der Waals surface area contributed by atoms with E-state index in [2.05, 4.69) is 29.9 Å². The first-order chi connectivity index (χ1) is 20.0. The molecule has 0 amide bonds. The van der Waals surface area contributed by atoms with E-state index >= 15 is 0 Å². The zero-order valence-corrected chi connectivity index (χ0v) is 24.1. The van der Waals surface area contributed by atoms with Gasteiger partial charge in [0.2, 0.25) is 5.95 Å². The lowest BCUT2D eigenvalue weighted by Crippen LogP contribution is -2.44. The van der Waals surface area contributed by atoms with E-state index in [1.54, 1.807) is 11.5 Å². The number of aromatic amines is 1. The van der Waals surface area contributed by atoms with Crippen LogP contribution in [-0.4, -0.2) is 104 Å². The number of rotatable bonds is 8. The Balaban J connectivity index is 1.27. The number of ether oxygens (including phenoxy) is 3. The summed E-state index contributed by atoms with van der Waals surface area (Å²) in [5.41, 5.74) is 9.72. The molecule has 0 saturated carbocycles. The molecule has 6 rings (SSSR count). The highest BCUT2D eigenvalue weighted by Crippen LogP contribution is 2.58. The molecule has 42 heavy (non-hydrogen) atoms. The Bertz CT molecular complexity index is 1750. The average Bonchev–Trinajstić information content (AvgIpc) is 3.72. The number of aliphatic hydroxyl groups excluding tert-OH is 2. The van der Waals surface area contributed by atoms with E-state index in [0.717, 1.165) is 0 Å². The third kappa shape index (κ3) is 4.66. The van der Waals surface area contributed by atoms with Crippen LogP contribution in [0.25, 0.3) is 22.3 Å². The van der Waals surface area contributed by atoms with Crippen molar-refractivity contribution in [3.8, 4) is 0 Å². The van der Waals surface area contributed by atoms with Gasteiger partial charge in [-0.15, -0.1) is 0 Å². The second-order valence-electron chi connectivity index (χ2n) is 10.3. The van der Waals surface area contributed by atoms with Crippen molar-refractivity contribution in [3.05, 3.63) is 29.3 Å². The van der Waals surface area contributed by atoms with Crippen LogP contribution in [0.3, 0.4) is 0 Å². The first kappa shape index (κ1) is 29.0. The minimum absolute atomic E-state index is 0.0110. The van der Waals surface area contributed by atoms with Gasteiger partial charge in [-0.25, -0.2) is 19.9 Å². The third-order valence-electron chi connectivity index (χ3n) is 7.59. The molecule has 226 valence electrons. The Hall–Kier alpha value is -3.13. The van der Waals surface area contributed by atoms with Gasteiger partial charge in [-0.3, -0.25) is 18.9 Å².